The molecule has 6 fully saturated rings. The summed E-state index contributed by atoms with van der Waals surface area (Å²) in [5.74, 6) is 0.683. The molecule has 5 saturated heterocycles. The Morgan fingerprint density at radius 2 is 1.33 bits per heavy atom. The van der Waals surface area contributed by atoms with Crippen molar-refractivity contribution in [3.63, 3.8) is 0 Å². The minimum Gasteiger partial charge on any atom is -0.445 e. The van der Waals surface area contributed by atoms with Crippen molar-refractivity contribution in [3.05, 3.63) is 71.8 Å². The van der Waals surface area contributed by atoms with Crippen molar-refractivity contribution in [2.75, 3.05) is 7.05 Å². The maximum Gasteiger partial charge on any atom is 0.410 e. The fourth-order valence-electron chi connectivity index (χ4n) is 9.33. The Hall–Kier alpha value is -3.99. The predicted molar refractivity (Wildman–Crippen MR) is 206 cm³/mol. The van der Waals surface area contributed by atoms with Crippen LogP contribution >= 0.6 is 0 Å². The minimum atomic E-state index is -0.792. The lowest BCUT2D eigenvalue weighted by Gasteiger charge is -2.51. The van der Waals surface area contributed by atoms with Gasteiger partial charge >= 0.3 is 18.3 Å². The zero-order valence-electron chi connectivity index (χ0n) is 34.0. The molecule has 1 saturated carbocycles. The molecule has 5 aliphatic heterocycles. The van der Waals surface area contributed by atoms with Gasteiger partial charge in [0, 0.05) is 18.9 Å². The molecule has 6 aliphatic rings. The normalized spacial score (nSPS) is 40.3. The van der Waals surface area contributed by atoms with Gasteiger partial charge in [-0.1, -0.05) is 95.3 Å². The highest BCUT2D eigenvalue weighted by molar-refractivity contribution is 5.71. The van der Waals surface area contributed by atoms with Gasteiger partial charge in [-0.05, 0) is 42.2 Å². The molecule has 5 heterocycles. The van der Waals surface area contributed by atoms with Crippen LogP contribution in [0.4, 0.5) is 14.4 Å². The van der Waals surface area contributed by atoms with E-state index in [1.54, 1.807) is 7.05 Å². The van der Waals surface area contributed by atoms with E-state index in [1.807, 2.05) is 67.6 Å². The molecule has 8 rings (SSSR count). The lowest BCUT2D eigenvalue weighted by molar-refractivity contribution is -0.368. The van der Waals surface area contributed by atoms with Gasteiger partial charge in [-0.25, -0.2) is 14.4 Å². The minimum absolute atomic E-state index is 0.0526. The molecular weight excluding hydrogens is 750 g/mol. The number of carbonyl (C=O) groups is 3. The Morgan fingerprint density at radius 1 is 0.690 bits per heavy atom. The van der Waals surface area contributed by atoms with Gasteiger partial charge in [0.05, 0.1) is 24.3 Å². The van der Waals surface area contributed by atoms with Crippen molar-refractivity contribution in [3.8, 4) is 0 Å². The van der Waals surface area contributed by atoms with Crippen LogP contribution in [0.2, 0.25) is 0 Å². The largest absolute Gasteiger partial charge is 0.445 e. The Labute approximate surface area is 339 Å². The standard InChI is InChI=1S/C43H57N3O12/c1-7-30-24(4)23(3)25(5)39(52-30)58-40-32-36(57-43(49)46(32)6)35-31(53-40)18-22(2)38(56-35)55-34-29(45-42(48)51-21-27-16-12-9-13-17-27)19-28(33-37(34)54-33)44-41(47)50-20-26-14-10-8-11-15-26/h8-17,22-25,28-40H,7,18-21H2,1-6H3,(H,44,47)(H,45,48)/t22?,23-,24-,25?,28+,29?,30?,31-,32?,33?,34+,35?,36?,37-,38-,39+,40?/m0/s1. The lowest BCUT2D eigenvalue weighted by Crippen LogP contribution is -2.65. The molecule has 58 heavy (non-hydrogen) atoms. The third kappa shape index (κ3) is 8.52. The SMILES string of the molecule is CCC1O[C@H](OC2O[C@H]3CC(C)[C@@H](O[C@@H]4C(NC(=O)OCc5ccccc5)C[C@@H](NC(=O)OCc5ccccc5)C5O[C@@H]54)OC3C3OC(=O)N(C)C23)C(C)[C@@H](C)[C@@H]1C. The molecule has 2 aromatic carbocycles. The molecule has 2 aromatic rings. The molecule has 15 heteroatoms. The van der Waals surface area contributed by atoms with Crippen LogP contribution in [0.1, 0.15) is 65.0 Å². The molecule has 0 aromatic heterocycles. The van der Waals surface area contributed by atoms with E-state index < -0.39 is 85.8 Å². The number of ether oxygens (including phenoxy) is 9. The van der Waals surface area contributed by atoms with Gasteiger partial charge in [0.25, 0.3) is 0 Å². The second-order valence-electron chi connectivity index (χ2n) is 16.9. The number of benzene rings is 2. The summed E-state index contributed by atoms with van der Waals surface area (Å²) in [6, 6.07) is 17.1. The van der Waals surface area contributed by atoms with Crippen LogP contribution in [0.3, 0.4) is 0 Å². The first-order valence-corrected chi connectivity index (χ1v) is 20.8. The van der Waals surface area contributed by atoms with Gasteiger partial charge < -0.3 is 53.3 Å². The maximum absolute atomic E-state index is 13.3. The van der Waals surface area contributed by atoms with Crippen LogP contribution < -0.4 is 10.6 Å². The van der Waals surface area contributed by atoms with Crippen molar-refractivity contribution in [1.82, 2.24) is 15.5 Å². The van der Waals surface area contributed by atoms with Gasteiger partial charge in [-0.3, -0.25) is 4.90 Å². The quantitative estimate of drug-likeness (QED) is 0.217. The van der Waals surface area contributed by atoms with Crippen LogP contribution in [-0.2, 0) is 55.8 Å². The van der Waals surface area contributed by atoms with E-state index in [9.17, 15) is 14.4 Å². The van der Waals surface area contributed by atoms with Crippen molar-refractivity contribution < 1.29 is 57.0 Å². The van der Waals surface area contributed by atoms with Crippen LogP contribution in [0.5, 0.6) is 0 Å². The van der Waals surface area contributed by atoms with Crippen molar-refractivity contribution in [2.24, 2.45) is 23.7 Å². The molecule has 0 radical (unpaired) electrons. The summed E-state index contributed by atoms with van der Waals surface area (Å²) in [5, 5.41) is 5.92. The number of carbonyl (C=O) groups excluding carboxylic acids is 3. The second kappa shape index (κ2) is 17.3. The van der Waals surface area contributed by atoms with Gasteiger partial charge in [-0.15, -0.1) is 0 Å². The number of amides is 3. The monoisotopic (exact) mass is 807 g/mol. The summed E-state index contributed by atoms with van der Waals surface area (Å²) < 4.78 is 56.5. The number of rotatable bonds is 11. The Bertz CT molecular complexity index is 1740. The summed E-state index contributed by atoms with van der Waals surface area (Å²) >= 11 is 0. The number of nitrogens with one attached hydrogen (secondary N) is 2. The van der Waals surface area contributed by atoms with Crippen molar-refractivity contribution >= 4 is 18.3 Å². The summed E-state index contributed by atoms with van der Waals surface area (Å²) in [7, 11) is 1.68. The first-order valence-electron chi connectivity index (χ1n) is 20.8. The summed E-state index contributed by atoms with van der Waals surface area (Å²) in [5.41, 5.74) is 1.70. The van der Waals surface area contributed by atoms with Crippen molar-refractivity contribution in [2.45, 2.75) is 147 Å². The summed E-state index contributed by atoms with van der Waals surface area (Å²) in [6.07, 6.45) is -5.31. The summed E-state index contributed by atoms with van der Waals surface area (Å²) in [4.78, 5) is 40.8. The van der Waals surface area contributed by atoms with E-state index in [-0.39, 0.29) is 43.7 Å². The number of likely N-dealkylation sites (N-methyl/N-ethyl adjacent to an activating group) is 1. The highest BCUT2D eigenvalue weighted by atomic mass is 16.8. The average molecular weight is 808 g/mol. The average Bonchev–Trinajstić information content (AvgIpc) is 3.97. The third-order valence-corrected chi connectivity index (χ3v) is 13.1. The number of alkyl carbamates (subject to hydrolysis) is 2. The van der Waals surface area contributed by atoms with Gasteiger partial charge in [0.1, 0.15) is 43.7 Å². The number of hydrogen-bond donors (Lipinski definition) is 2. The summed E-state index contributed by atoms with van der Waals surface area (Å²) in [6.45, 7) is 10.9. The van der Waals surface area contributed by atoms with Crippen molar-refractivity contribution in [1.29, 1.82) is 0 Å². The first-order chi connectivity index (χ1) is 28.0. The highest BCUT2D eigenvalue weighted by Gasteiger charge is 2.62. The Balaban J connectivity index is 0.950. The van der Waals surface area contributed by atoms with E-state index in [2.05, 4.69) is 38.3 Å². The predicted octanol–water partition coefficient (Wildman–Crippen LogP) is 5.49. The maximum atomic E-state index is 13.3. The number of nitrogens with zero attached hydrogens (tertiary/aromatic N) is 1. The molecule has 9 unspecified atom stereocenters. The van der Waals surface area contributed by atoms with Gasteiger partial charge in [-0.2, -0.15) is 0 Å². The Kier molecular flexibility index (Phi) is 12.2. The highest BCUT2D eigenvalue weighted by Crippen LogP contribution is 2.45. The fraction of sp³-hybridized carbons (Fsp3) is 0.651. The molecule has 0 spiro atoms. The fourth-order valence-corrected chi connectivity index (χ4v) is 9.33. The molecular formula is C43H57N3O12. The molecule has 316 valence electrons. The van der Waals surface area contributed by atoms with Gasteiger partial charge in [0.15, 0.2) is 25.0 Å². The number of hydrogen-bond acceptors (Lipinski definition) is 12. The number of epoxide rings is 1. The molecule has 3 amide bonds. The van der Waals surface area contributed by atoms with Crippen LogP contribution in [0, 0.1) is 23.7 Å². The smallest absolute Gasteiger partial charge is 0.410 e. The zero-order valence-corrected chi connectivity index (χ0v) is 34.0. The van der Waals surface area contributed by atoms with E-state index in [1.165, 1.54) is 4.90 Å². The molecule has 17 atom stereocenters. The van der Waals surface area contributed by atoms with E-state index in [0.717, 1.165) is 17.5 Å². The van der Waals surface area contributed by atoms with E-state index in [0.29, 0.717) is 18.3 Å². The lowest BCUT2D eigenvalue weighted by atomic mass is 9.78. The van der Waals surface area contributed by atoms with E-state index >= 15 is 0 Å². The molecule has 1 aliphatic carbocycles. The molecule has 15 nitrogen and oxygen atoms in total. The number of fused-ring (bicyclic) bond motifs is 4. The Morgan fingerprint density at radius 3 is 1.97 bits per heavy atom. The van der Waals surface area contributed by atoms with E-state index in [4.69, 9.17) is 42.6 Å². The molecule has 0 bridgehead atoms. The van der Waals surface area contributed by atoms with Crippen LogP contribution in [0.15, 0.2) is 60.7 Å². The van der Waals surface area contributed by atoms with Crippen LogP contribution in [0.25, 0.3) is 0 Å². The molecule has 2 N–H and O–H groups in total. The second-order valence-corrected chi connectivity index (χ2v) is 16.9. The van der Waals surface area contributed by atoms with Crippen LogP contribution in [-0.4, -0.2) is 110 Å². The topological polar surface area (TPSA) is 165 Å². The van der Waals surface area contributed by atoms with Gasteiger partial charge in [0.2, 0.25) is 0 Å². The zero-order chi connectivity index (χ0) is 40.7. The first kappa shape index (κ1) is 40.8. The third-order valence-electron chi connectivity index (χ3n) is 13.1.